The standard InChI is InChI=1S/C19H22ClN3O3S2/c1-3-27-19-21-10-16(20)17(22-19)18(24)23(15-8-9-28(25,26)12-15)11-14-6-4-13(2)5-7-14/h4-7,10,15H,3,8-9,11-12H2,1-2H3. The molecule has 3 rings (SSSR count). The van der Waals surface area contributed by atoms with Gasteiger partial charge in [0, 0.05) is 12.6 Å². The second-order valence-corrected chi connectivity index (χ2v) is 10.6. The first kappa shape index (κ1) is 21.1. The molecule has 1 saturated heterocycles. The number of amides is 1. The zero-order valence-electron chi connectivity index (χ0n) is 15.8. The number of nitrogens with zero attached hydrogens (tertiary/aromatic N) is 3. The fraction of sp³-hybridized carbons (Fsp3) is 0.421. The fourth-order valence-corrected chi connectivity index (χ4v) is 5.56. The van der Waals surface area contributed by atoms with Crippen LogP contribution in [0.3, 0.4) is 0 Å². The van der Waals surface area contributed by atoms with Crippen LogP contribution >= 0.6 is 23.4 Å². The molecule has 28 heavy (non-hydrogen) atoms. The van der Waals surface area contributed by atoms with E-state index in [9.17, 15) is 13.2 Å². The Bertz CT molecular complexity index is 965. The van der Waals surface area contributed by atoms with Gasteiger partial charge in [-0.1, -0.05) is 60.1 Å². The maximum Gasteiger partial charge on any atom is 0.274 e. The van der Waals surface area contributed by atoms with Crippen LogP contribution in [0.1, 0.15) is 35.0 Å². The minimum atomic E-state index is -3.15. The maximum atomic E-state index is 13.3. The van der Waals surface area contributed by atoms with Crippen molar-refractivity contribution in [3.05, 3.63) is 52.3 Å². The molecule has 1 aromatic heterocycles. The van der Waals surface area contributed by atoms with Gasteiger partial charge in [-0.2, -0.15) is 0 Å². The zero-order valence-corrected chi connectivity index (χ0v) is 18.1. The van der Waals surface area contributed by atoms with E-state index in [1.807, 2.05) is 38.1 Å². The topological polar surface area (TPSA) is 80.2 Å². The molecule has 1 aliphatic heterocycles. The number of rotatable bonds is 6. The molecular formula is C19H22ClN3O3S2. The van der Waals surface area contributed by atoms with Crippen molar-refractivity contribution in [2.45, 2.75) is 38.0 Å². The van der Waals surface area contributed by atoms with Crippen LogP contribution in [0.5, 0.6) is 0 Å². The Morgan fingerprint density at radius 3 is 2.64 bits per heavy atom. The second-order valence-electron chi connectivity index (χ2n) is 6.76. The molecule has 2 heterocycles. The number of benzene rings is 1. The van der Waals surface area contributed by atoms with Crippen LogP contribution in [-0.2, 0) is 16.4 Å². The Hall–Kier alpha value is -1.64. The molecule has 150 valence electrons. The van der Waals surface area contributed by atoms with Crippen molar-refractivity contribution in [2.75, 3.05) is 17.3 Å². The summed E-state index contributed by atoms with van der Waals surface area (Å²) in [6, 6.07) is 7.43. The lowest BCUT2D eigenvalue weighted by Gasteiger charge is -2.28. The smallest absolute Gasteiger partial charge is 0.274 e. The molecule has 1 amide bonds. The summed E-state index contributed by atoms with van der Waals surface area (Å²) in [5.41, 5.74) is 2.16. The van der Waals surface area contributed by atoms with Crippen molar-refractivity contribution in [1.29, 1.82) is 0 Å². The number of sulfone groups is 1. The van der Waals surface area contributed by atoms with Gasteiger partial charge in [0.25, 0.3) is 5.91 Å². The Labute approximate surface area is 174 Å². The number of halogens is 1. The normalized spacial score (nSPS) is 18.2. The zero-order chi connectivity index (χ0) is 20.3. The molecule has 2 aromatic rings. The first-order valence-corrected chi connectivity index (χ1v) is 12.2. The van der Waals surface area contributed by atoms with Gasteiger partial charge in [-0.3, -0.25) is 4.79 Å². The number of carbonyl (C=O) groups excluding carboxylic acids is 1. The van der Waals surface area contributed by atoms with Crippen molar-refractivity contribution in [2.24, 2.45) is 0 Å². The predicted octanol–water partition coefficient (Wildman–Crippen LogP) is 3.38. The van der Waals surface area contributed by atoms with Gasteiger partial charge in [-0.15, -0.1) is 0 Å². The monoisotopic (exact) mass is 439 g/mol. The quantitative estimate of drug-likeness (QED) is 0.507. The summed E-state index contributed by atoms with van der Waals surface area (Å²) in [5, 5.41) is 0.643. The molecule has 1 fully saturated rings. The van der Waals surface area contributed by atoms with Gasteiger partial charge in [0.2, 0.25) is 0 Å². The van der Waals surface area contributed by atoms with Gasteiger partial charge in [-0.05, 0) is 24.7 Å². The molecule has 0 saturated carbocycles. The summed E-state index contributed by atoms with van der Waals surface area (Å²) >= 11 is 7.64. The first-order chi connectivity index (χ1) is 13.3. The van der Waals surface area contributed by atoms with E-state index in [4.69, 9.17) is 11.6 Å². The molecule has 1 atom stereocenters. The molecule has 0 N–H and O–H groups in total. The lowest BCUT2D eigenvalue weighted by molar-refractivity contribution is 0.0674. The number of hydrogen-bond acceptors (Lipinski definition) is 6. The molecule has 0 spiro atoms. The van der Waals surface area contributed by atoms with Crippen molar-refractivity contribution in [3.8, 4) is 0 Å². The molecule has 0 radical (unpaired) electrons. The minimum Gasteiger partial charge on any atom is -0.329 e. The van der Waals surface area contributed by atoms with Crippen molar-refractivity contribution >= 4 is 39.1 Å². The summed E-state index contributed by atoms with van der Waals surface area (Å²) in [6.45, 7) is 4.26. The third kappa shape index (κ3) is 5.04. The van der Waals surface area contributed by atoms with Gasteiger partial charge < -0.3 is 4.90 Å². The molecule has 1 aliphatic rings. The Morgan fingerprint density at radius 1 is 1.32 bits per heavy atom. The SMILES string of the molecule is CCSc1ncc(Cl)c(C(=O)N(Cc2ccc(C)cc2)C2CCS(=O)(=O)C2)n1. The fourth-order valence-electron chi connectivity index (χ4n) is 3.11. The highest BCUT2D eigenvalue weighted by Gasteiger charge is 2.36. The molecule has 0 aliphatic carbocycles. The summed E-state index contributed by atoms with van der Waals surface area (Å²) in [6.07, 6.45) is 1.84. The highest BCUT2D eigenvalue weighted by Crippen LogP contribution is 2.25. The lowest BCUT2D eigenvalue weighted by atomic mass is 10.1. The third-order valence-corrected chi connectivity index (χ3v) is 7.35. The van der Waals surface area contributed by atoms with Crippen LogP contribution in [0.4, 0.5) is 0 Å². The van der Waals surface area contributed by atoms with Crippen molar-refractivity contribution in [1.82, 2.24) is 14.9 Å². The molecular weight excluding hydrogens is 418 g/mol. The minimum absolute atomic E-state index is 0.0378. The Balaban J connectivity index is 1.94. The molecule has 6 nitrogen and oxygen atoms in total. The Morgan fingerprint density at radius 2 is 2.04 bits per heavy atom. The number of aryl methyl sites for hydroxylation is 1. The number of hydrogen-bond donors (Lipinski definition) is 0. The average Bonchev–Trinajstić information content (AvgIpc) is 3.02. The van der Waals surface area contributed by atoms with Crippen LogP contribution in [0.25, 0.3) is 0 Å². The predicted molar refractivity (Wildman–Crippen MR) is 112 cm³/mol. The van der Waals surface area contributed by atoms with Crippen LogP contribution in [0, 0.1) is 6.92 Å². The van der Waals surface area contributed by atoms with Crippen LogP contribution in [0.15, 0.2) is 35.6 Å². The maximum absolute atomic E-state index is 13.3. The number of thioether (sulfide) groups is 1. The van der Waals surface area contributed by atoms with E-state index in [-0.39, 0.29) is 28.1 Å². The van der Waals surface area contributed by atoms with E-state index in [0.29, 0.717) is 18.1 Å². The summed E-state index contributed by atoms with van der Waals surface area (Å²) < 4.78 is 24.0. The van der Waals surface area contributed by atoms with Gasteiger partial charge in [0.15, 0.2) is 20.7 Å². The molecule has 1 aromatic carbocycles. The molecule has 0 bridgehead atoms. The van der Waals surface area contributed by atoms with E-state index in [0.717, 1.165) is 16.9 Å². The summed E-state index contributed by atoms with van der Waals surface area (Å²) in [7, 11) is -3.15. The molecule has 9 heteroatoms. The van der Waals surface area contributed by atoms with E-state index in [1.165, 1.54) is 18.0 Å². The van der Waals surface area contributed by atoms with Gasteiger partial charge >= 0.3 is 0 Å². The van der Waals surface area contributed by atoms with E-state index >= 15 is 0 Å². The molecule has 1 unspecified atom stereocenters. The highest BCUT2D eigenvalue weighted by atomic mass is 35.5. The average molecular weight is 440 g/mol. The van der Waals surface area contributed by atoms with Crippen LogP contribution in [0.2, 0.25) is 5.02 Å². The van der Waals surface area contributed by atoms with E-state index in [2.05, 4.69) is 9.97 Å². The van der Waals surface area contributed by atoms with Crippen LogP contribution < -0.4 is 0 Å². The lowest BCUT2D eigenvalue weighted by Crippen LogP contribution is -2.41. The van der Waals surface area contributed by atoms with Crippen molar-refractivity contribution < 1.29 is 13.2 Å². The largest absolute Gasteiger partial charge is 0.329 e. The second kappa shape index (κ2) is 8.80. The van der Waals surface area contributed by atoms with Gasteiger partial charge in [0.05, 0.1) is 22.7 Å². The van der Waals surface area contributed by atoms with Gasteiger partial charge in [-0.25, -0.2) is 18.4 Å². The van der Waals surface area contributed by atoms with Crippen molar-refractivity contribution in [3.63, 3.8) is 0 Å². The third-order valence-electron chi connectivity index (χ3n) is 4.58. The van der Waals surface area contributed by atoms with Gasteiger partial charge in [0.1, 0.15) is 0 Å². The number of carbonyl (C=O) groups is 1. The first-order valence-electron chi connectivity index (χ1n) is 9.01. The van der Waals surface area contributed by atoms with E-state index in [1.54, 1.807) is 4.90 Å². The summed E-state index contributed by atoms with van der Waals surface area (Å²) in [4.78, 5) is 23.4. The number of aromatic nitrogens is 2. The summed E-state index contributed by atoms with van der Waals surface area (Å²) in [5.74, 6) is 0.449. The highest BCUT2D eigenvalue weighted by molar-refractivity contribution is 7.99. The Kier molecular flexibility index (Phi) is 6.62. The van der Waals surface area contributed by atoms with E-state index < -0.39 is 15.9 Å². The van der Waals surface area contributed by atoms with Crippen LogP contribution in [-0.4, -0.2) is 52.5 Å².